The van der Waals surface area contributed by atoms with Crippen LogP contribution in [0.3, 0.4) is 0 Å². The zero-order valence-corrected chi connectivity index (χ0v) is 40.7. The highest BCUT2D eigenvalue weighted by atomic mass is 16.8. The van der Waals surface area contributed by atoms with Gasteiger partial charge in [-0.3, -0.25) is 24.1 Å². The van der Waals surface area contributed by atoms with E-state index in [1.54, 1.807) is 69.3 Å². The minimum absolute atomic E-state index is 0.00571. The summed E-state index contributed by atoms with van der Waals surface area (Å²) >= 11 is 0. The Balaban J connectivity index is 1.42. The highest BCUT2D eigenvalue weighted by molar-refractivity contribution is 6.21. The molecule has 4 aromatic rings. The molecule has 0 bridgehead atoms. The number of esters is 5. The average Bonchev–Trinajstić information content (AvgIpc) is 3.62. The third-order valence-electron chi connectivity index (χ3n) is 12.2. The second-order valence-corrected chi connectivity index (χ2v) is 17.7. The summed E-state index contributed by atoms with van der Waals surface area (Å²) < 4.78 is 55.7. The van der Waals surface area contributed by atoms with E-state index in [1.807, 2.05) is 0 Å². The number of amides is 2. The first kappa shape index (κ1) is 53.4. The number of aliphatic hydroxyl groups excluding tert-OH is 1. The Morgan fingerprint density at radius 3 is 1.53 bits per heavy atom. The van der Waals surface area contributed by atoms with Gasteiger partial charge in [0.05, 0.1) is 47.5 Å². The molecule has 2 saturated heterocycles. The lowest BCUT2D eigenvalue weighted by Crippen LogP contribution is -2.70. The molecule has 1 N–H and O–H groups in total. The Kier molecular flexibility index (Phi) is 17.5. The van der Waals surface area contributed by atoms with Crippen LogP contribution in [0, 0.1) is 20.8 Å². The molecule has 0 unspecified atom stereocenters. The fourth-order valence-electron chi connectivity index (χ4n) is 8.43. The molecular formula is C54H55NO18. The van der Waals surface area contributed by atoms with Crippen molar-refractivity contribution < 1.29 is 86.1 Å². The van der Waals surface area contributed by atoms with Gasteiger partial charge in [-0.1, -0.05) is 71.3 Å². The number of imide groups is 1. The minimum atomic E-state index is -2.07. The molecule has 73 heavy (non-hydrogen) atoms. The third-order valence-corrected chi connectivity index (χ3v) is 12.2. The van der Waals surface area contributed by atoms with Gasteiger partial charge in [0.15, 0.2) is 37.0 Å². The molecule has 0 aromatic heterocycles. The summed E-state index contributed by atoms with van der Waals surface area (Å²) in [7, 11) is 0. The number of ketones is 1. The van der Waals surface area contributed by atoms with E-state index in [2.05, 4.69) is 6.58 Å². The molecule has 384 valence electrons. The maximum atomic E-state index is 14.4. The number of hydrogen-bond donors (Lipinski definition) is 1. The zero-order valence-electron chi connectivity index (χ0n) is 40.7. The van der Waals surface area contributed by atoms with Gasteiger partial charge in [0.2, 0.25) is 0 Å². The van der Waals surface area contributed by atoms with E-state index >= 15 is 0 Å². The van der Waals surface area contributed by atoms with Crippen LogP contribution in [0.5, 0.6) is 0 Å². The molecule has 3 aliphatic heterocycles. The van der Waals surface area contributed by atoms with Crippen molar-refractivity contribution in [2.24, 2.45) is 0 Å². The number of carbonyl (C=O) groups excluding carboxylic acids is 8. The number of Topliss-reactive ketones (excluding diaryl/α,β-unsaturated/α-hetero) is 1. The van der Waals surface area contributed by atoms with Crippen molar-refractivity contribution in [1.82, 2.24) is 4.90 Å². The van der Waals surface area contributed by atoms with Gasteiger partial charge < -0.3 is 52.5 Å². The highest BCUT2D eigenvalue weighted by Gasteiger charge is 2.60. The van der Waals surface area contributed by atoms with Crippen LogP contribution in [0.15, 0.2) is 110 Å². The summed E-state index contributed by atoms with van der Waals surface area (Å²) in [5.41, 5.74) is 2.41. The number of carbonyl (C=O) groups is 8. The van der Waals surface area contributed by atoms with Crippen molar-refractivity contribution in [1.29, 1.82) is 0 Å². The lowest BCUT2D eigenvalue weighted by atomic mass is 9.93. The van der Waals surface area contributed by atoms with Crippen LogP contribution >= 0.6 is 0 Å². The number of fused-ring (bicyclic) bond motifs is 1. The Morgan fingerprint density at radius 1 is 0.603 bits per heavy atom. The monoisotopic (exact) mass is 1010 g/mol. The summed E-state index contributed by atoms with van der Waals surface area (Å²) in [6.07, 6.45) is -15.4. The van der Waals surface area contributed by atoms with Crippen molar-refractivity contribution in [3.05, 3.63) is 154 Å². The number of nitrogens with zero attached hydrogens (tertiary/aromatic N) is 1. The molecule has 0 aliphatic carbocycles. The van der Waals surface area contributed by atoms with Crippen LogP contribution in [0.4, 0.5) is 0 Å². The van der Waals surface area contributed by atoms with Gasteiger partial charge in [-0.25, -0.2) is 14.4 Å². The molecule has 0 spiro atoms. The molecule has 2 fully saturated rings. The van der Waals surface area contributed by atoms with E-state index in [-0.39, 0.29) is 53.0 Å². The van der Waals surface area contributed by atoms with Gasteiger partial charge in [-0.05, 0) is 76.2 Å². The van der Waals surface area contributed by atoms with E-state index < -0.39 is 116 Å². The first-order chi connectivity index (χ1) is 35.0. The summed E-state index contributed by atoms with van der Waals surface area (Å²) in [6, 6.07) is 22.9. The van der Waals surface area contributed by atoms with Crippen molar-refractivity contribution in [2.75, 3.05) is 19.8 Å². The van der Waals surface area contributed by atoms with E-state index in [4.69, 9.17) is 42.6 Å². The van der Waals surface area contributed by atoms with Gasteiger partial charge in [0.1, 0.15) is 36.7 Å². The molecule has 3 heterocycles. The predicted molar refractivity (Wildman–Crippen MR) is 254 cm³/mol. The van der Waals surface area contributed by atoms with Gasteiger partial charge in [-0.2, -0.15) is 0 Å². The molecular weight excluding hydrogens is 951 g/mol. The predicted octanol–water partition coefficient (Wildman–Crippen LogP) is 5.13. The SMILES string of the molecule is C=CCO[C@@H]1O[C@H](CO)[C@H](OC(C)=O)[C@H](O[C@@H]2O[C@H](COC(=O)CCC(C)=O)[C@@H](OC(=O)c3ccc(C)cc3)[C@H](OC(=O)c3ccc(C)cc3)[C@H]2OC(=O)c2ccc(C)cc2)[C@H]1N1C(=O)c2ccccc2C1=O. The Bertz CT molecular complexity index is 2670. The van der Waals surface area contributed by atoms with Gasteiger partial charge in [0, 0.05) is 13.3 Å². The lowest BCUT2D eigenvalue weighted by Gasteiger charge is -2.50. The number of rotatable bonds is 19. The molecule has 0 radical (unpaired) electrons. The van der Waals surface area contributed by atoms with E-state index in [9.17, 15) is 43.5 Å². The lowest BCUT2D eigenvalue weighted by molar-refractivity contribution is -0.347. The Morgan fingerprint density at radius 2 is 1.07 bits per heavy atom. The molecule has 2 amide bonds. The minimum Gasteiger partial charge on any atom is -0.463 e. The molecule has 7 rings (SSSR count). The van der Waals surface area contributed by atoms with Gasteiger partial charge in [-0.15, -0.1) is 6.58 Å². The highest BCUT2D eigenvalue weighted by Crippen LogP contribution is 2.39. The summed E-state index contributed by atoms with van der Waals surface area (Å²) in [4.78, 5) is 111. The fourth-order valence-corrected chi connectivity index (χ4v) is 8.43. The number of ether oxygens (including phenoxy) is 9. The standard InChI is InChI=1S/C54H55NO18/c1-7-26-65-53-42(55-48(60)37-10-8-9-11-38(37)49(55)61)45(43(67-33(6)58)39(27-56)68-53)73-54-47(72-52(64)36-23-16-31(4)17-24-36)46(71-51(63)35-21-14-30(3)15-22-35)44(70-50(62)34-19-12-29(2)13-20-34)40(69-54)28-66-41(59)25-18-32(5)57/h7-17,19-24,39-40,42-47,53-54,56H,1,18,25-28H2,2-6H3/t39-,40-,42-,43+,44-,45-,46+,47-,53-,54+/m1/s1. The first-order valence-electron chi connectivity index (χ1n) is 23.4. The van der Waals surface area contributed by atoms with Crippen molar-refractivity contribution >= 4 is 47.4 Å². The topological polar surface area (TPSA) is 243 Å². The van der Waals surface area contributed by atoms with Crippen molar-refractivity contribution in [2.45, 2.75) is 109 Å². The number of aliphatic hydroxyl groups is 1. The molecule has 3 aliphatic rings. The maximum absolute atomic E-state index is 14.4. The van der Waals surface area contributed by atoms with Crippen LogP contribution in [-0.4, -0.2) is 139 Å². The summed E-state index contributed by atoms with van der Waals surface area (Å²) in [5.74, 6) is -6.81. The maximum Gasteiger partial charge on any atom is 0.338 e. The summed E-state index contributed by atoms with van der Waals surface area (Å²) in [5, 5.41) is 10.8. The average molecular weight is 1010 g/mol. The third kappa shape index (κ3) is 12.6. The van der Waals surface area contributed by atoms with E-state index in [1.165, 1.54) is 61.5 Å². The normalized spacial score (nSPS) is 24.4. The molecule has 19 nitrogen and oxygen atoms in total. The van der Waals surface area contributed by atoms with Crippen LogP contribution in [0.1, 0.15) is 95.2 Å². The molecule has 19 heteroatoms. The van der Waals surface area contributed by atoms with Crippen LogP contribution in [0.2, 0.25) is 0 Å². The molecule has 0 saturated carbocycles. The molecule has 4 aromatic carbocycles. The smallest absolute Gasteiger partial charge is 0.338 e. The van der Waals surface area contributed by atoms with Crippen molar-refractivity contribution in [3.63, 3.8) is 0 Å². The van der Waals surface area contributed by atoms with Gasteiger partial charge >= 0.3 is 29.8 Å². The largest absolute Gasteiger partial charge is 0.463 e. The molecule has 10 atom stereocenters. The zero-order chi connectivity index (χ0) is 52.5. The second-order valence-electron chi connectivity index (χ2n) is 17.7. The van der Waals surface area contributed by atoms with Crippen LogP contribution in [0.25, 0.3) is 0 Å². The van der Waals surface area contributed by atoms with E-state index in [0.717, 1.165) is 28.5 Å². The Labute approximate surface area is 420 Å². The van der Waals surface area contributed by atoms with Crippen LogP contribution in [-0.2, 0) is 57.0 Å². The summed E-state index contributed by atoms with van der Waals surface area (Å²) in [6.45, 7) is 9.54. The number of hydrogen-bond acceptors (Lipinski definition) is 18. The van der Waals surface area contributed by atoms with E-state index in [0.29, 0.717) is 0 Å². The number of benzene rings is 4. The quantitative estimate of drug-likeness (QED) is 0.0554. The van der Waals surface area contributed by atoms with Gasteiger partial charge in [0.25, 0.3) is 11.8 Å². The second kappa shape index (κ2) is 23.9. The fraction of sp³-hybridized carbons (Fsp3) is 0.370. The Hall–Kier alpha value is -7.42. The van der Waals surface area contributed by atoms with Crippen LogP contribution < -0.4 is 0 Å². The number of aryl methyl sites for hydroxylation is 3. The van der Waals surface area contributed by atoms with Crippen molar-refractivity contribution in [3.8, 4) is 0 Å². The first-order valence-corrected chi connectivity index (χ1v) is 23.4.